The Labute approximate surface area is 124 Å². The van der Waals surface area contributed by atoms with Crippen molar-refractivity contribution in [2.45, 2.75) is 38.3 Å². The number of carbonyl (C=O) groups is 2. The highest BCUT2D eigenvalue weighted by Gasteiger charge is 2.15. The van der Waals surface area contributed by atoms with Gasteiger partial charge in [-0.15, -0.1) is 0 Å². The number of aliphatic hydroxyl groups is 1. The highest BCUT2D eigenvalue weighted by molar-refractivity contribution is 5.74. The molecule has 0 bridgehead atoms. The van der Waals surface area contributed by atoms with E-state index >= 15 is 0 Å². The molecular formula is C15H22N2O4. The van der Waals surface area contributed by atoms with Crippen LogP contribution in [0.5, 0.6) is 0 Å². The van der Waals surface area contributed by atoms with E-state index in [1.54, 1.807) is 6.92 Å². The van der Waals surface area contributed by atoms with Crippen LogP contribution in [0.3, 0.4) is 0 Å². The quantitative estimate of drug-likeness (QED) is 0.578. The van der Waals surface area contributed by atoms with Gasteiger partial charge < -0.3 is 20.8 Å². The Morgan fingerprint density at radius 3 is 2.43 bits per heavy atom. The minimum atomic E-state index is -0.890. The Morgan fingerprint density at radius 2 is 1.86 bits per heavy atom. The van der Waals surface area contributed by atoms with E-state index in [9.17, 15) is 9.59 Å². The molecule has 2 atom stereocenters. The number of benzene rings is 1. The molecule has 116 valence electrons. The summed E-state index contributed by atoms with van der Waals surface area (Å²) in [5.41, 5.74) is 1.03. The number of hydrogen-bond acceptors (Lipinski definition) is 3. The smallest absolute Gasteiger partial charge is 0.315 e. The maximum absolute atomic E-state index is 11.8. The van der Waals surface area contributed by atoms with Gasteiger partial charge in [0, 0.05) is 12.5 Å². The van der Waals surface area contributed by atoms with Gasteiger partial charge in [-0.3, -0.25) is 4.79 Å². The average Bonchev–Trinajstić information content (AvgIpc) is 2.45. The molecule has 0 aromatic heterocycles. The Kier molecular flexibility index (Phi) is 7.25. The van der Waals surface area contributed by atoms with Crippen molar-refractivity contribution in [3.05, 3.63) is 35.9 Å². The third-order valence-corrected chi connectivity index (χ3v) is 3.02. The fraction of sp³-hybridized carbons (Fsp3) is 0.467. The minimum absolute atomic E-state index is 0.00661. The zero-order valence-corrected chi connectivity index (χ0v) is 12.1. The maximum atomic E-state index is 11.8. The molecule has 6 nitrogen and oxygen atoms in total. The number of carboxylic acid groups (broad SMARTS) is 1. The number of aliphatic hydroxyl groups excluding tert-OH is 1. The molecule has 0 aliphatic carbocycles. The van der Waals surface area contributed by atoms with E-state index in [1.807, 2.05) is 30.3 Å². The molecule has 1 aromatic rings. The normalized spacial score (nSPS) is 13.2. The molecule has 0 heterocycles. The SMILES string of the molecule is C[C@@H](CO)NC(=O)NC(CCC(=O)O)Cc1ccccc1. The molecular weight excluding hydrogens is 272 g/mol. The third kappa shape index (κ3) is 7.31. The highest BCUT2D eigenvalue weighted by atomic mass is 16.4. The second-order valence-corrected chi connectivity index (χ2v) is 5.02. The van der Waals surface area contributed by atoms with Crippen LogP contribution in [0.15, 0.2) is 30.3 Å². The number of urea groups is 1. The van der Waals surface area contributed by atoms with Crippen molar-refractivity contribution in [2.75, 3.05) is 6.61 Å². The molecule has 4 N–H and O–H groups in total. The molecule has 1 unspecified atom stereocenters. The van der Waals surface area contributed by atoms with E-state index in [-0.39, 0.29) is 25.1 Å². The van der Waals surface area contributed by atoms with Gasteiger partial charge in [-0.05, 0) is 25.3 Å². The van der Waals surface area contributed by atoms with Crippen molar-refractivity contribution in [3.63, 3.8) is 0 Å². The summed E-state index contributed by atoms with van der Waals surface area (Å²) in [4.78, 5) is 22.5. The first-order valence-electron chi connectivity index (χ1n) is 6.95. The first kappa shape index (κ1) is 17.0. The van der Waals surface area contributed by atoms with Crippen LogP contribution >= 0.6 is 0 Å². The van der Waals surface area contributed by atoms with Gasteiger partial charge in [-0.2, -0.15) is 0 Å². The molecule has 6 heteroatoms. The largest absolute Gasteiger partial charge is 0.481 e. The van der Waals surface area contributed by atoms with Gasteiger partial charge in [0.15, 0.2) is 0 Å². The van der Waals surface area contributed by atoms with E-state index in [4.69, 9.17) is 10.2 Å². The molecule has 0 saturated carbocycles. The number of nitrogens with one attached hydrogen (secondary N) is 2. The van der Waals surface area contributed by atoms with Crippen molar-refractivity contribution >= 4 is 12.0 Å². The molecule has 1 aromatic carbocycles. The van der Waals surface area contributed by atoms with Gasteiger partial charge in [-0.1, -0.05) is 30.3 Å². The lowest BCUT2D eigenvalue weighted by Gasteiger charge is -2.20. The fourth-order valence-corrected chi connectivity index (χ4v) is 1.92. The van der Waals surface area contributed by atoms with Crippen molar-refractivity contribution < 1.29 is 19.8 Å². The molecule has 1 rings (SSSR count). The van der Waals surface area contributed by atoms with E-state index in [1.165, 1.54) is 0 Å². The summed E-state index contributed by atoms with van der Waals surface area (Å²) < 4.78 is 0. The van der Waals surface area contributed by atoms with Crippen LogP contribution < -0.4 is 10.6 Å². The lowest BCUT2D eigenvalue weighted by molar-refractivity contribution is -0.137. The van der Waals surface area contributed by atoms with E-state index in [0.717, 1.165) is 5.56 Å². The lowest BCUT2D eigenvalue weighted by atomic mass is 10.0. The Bertz CT molecular complexity index is 450. The number of rotatable bonds is 8. The monoisotopic (exact) mass is 294 g/mol. The Morgan fingerprint density at radius 1 is 1.19 bits per heavy atom. The fourth-order valence-electron chi connectivity index (χ4n) is 1.92. The topological polar surface area (TPSA) is 98.7 Å². The summed E-state index contributed by atoms with van der Waals surface area (Å²) in [6.07, 6.45) is 0.910. The average molecular weight is 294 g/mol. The van der Waals surface area contributed by atoms with Gasteiger partial charge in [0.25, 0.3) is 0 Å². The molecule has 0 spiro atoms. The van der Waals surface area contributed by atoms with Crippen LogP contribution in [0, 0.1) is 0 Å². The Hall–Kier alpha value is -2.08. The van der Waals surface area contributed by atoms with Gasteiger partial charge in [-0.25, -0.2) is 4.79 Å². The van der Waals surface area contributed by atoms with Crippen LogP contribution in [0.25, 0.3) is 0 Å². The number of amides is 2. The standard InChI is InChI=1S/C15H22N2O4/c1-11(10-18)16-15(21)17-13(7-8-14(19)20)9-12-5-3-2-4-6-12/h2-6,11,13,18H,7-10H2,1H3,(H,19,20)(H2,16,17,21)/t11-,13?/m0/s1. The van der Waals surface area contributed by atoms with Gasteiger partial charge in [0.1, 0.15) is 0 Å². The van der Waals surface area contributed by atoms with Crippen molar-refractivity contribution in [2.24, 2.45) is 0 Å². The second-order valence-electron chi connectivity index (χ2n) is 5.02. The van der Waals surface area contributed by atoms with E-state index < -0.39 is 12.0 Å². The minimum Gasteiger partial charge on any atom is -0.481 e. The highest BCUT2D eigenvalue weighted by Crippen LogP contribution is 2.08. The first-order valence-corrected chi connectivity index (χ1v) is 6.95. The van der Waals surface area contributed by atoms with Crippen LogP contribution in [0.2, 0.25) is 0 Å². The lowest BCUT2D eigenvalue weighted by Crippen LogP contribution is -2.47. The zero-order chi connectivity index (χ0) is 15.7. The summed E-state index contributed by atoms with van der Waals surface area (Å²) in [7, 11) is 0. The zero-order valence-electron chi connectivity index (χ0n) is 12.1. The molecule has 2 amide bonds. The van der Waals surface area contributed by atoms with Crippen molar-refractivity contribution in [1.29, 1.82) is 0 Å². The summed E-state index contributed by atoms with van der Waals surface area (Å²) in [5.74, 6) is -0.890. The third-order valence-electron chi connectivity index (χ3n) is 3.02. The molecule has 0 aliphatic rings. The number of aliphatic carboxylic acids is 1. The van der Waals surface area contributed by atoms with Gasteiger partial charge in [0.2, 0.25) is 0 Å². The maximum Gasteiger partial charge on any atom is 0.315 e. The van der Waals surface area contributed by atoms with Gasteiger partial charge >= 0.3 is 12.0 Å². The molecule has 0 aliphatic heterocycles. The number of carbonyl (C=O) groups excluding carboxylic acids is 1. The van der Waals surface area contributed by atoms with Crippen molar-refractivity contribution in [3.8, 4) is 0 Å². The summed E-state index contributed by atoms with van der Waals surface area (Å²) in [6.45, 7) is 1.54. The van der Waals surface area contributed by atoms with Gasteiger partial charge in [0.05, 0.1) is 12.6 Å². The number of hydrogen-bond donors (Lipinski definition) is 4. The van der Waals surface area contributed by atoms with Crippen LogP contribution in [0.1, 0.15) is 25.3 Å². The molecule has 0 radical (unpaired) electrons. The Balaban J connectivity index is 2.59. The predicted octanol–water partition coefficient (Wildman–Crippen LogP) is 1.14. The molecule has 0 saturated heterocycles. The molecule has 21 heavy (non-hydrogen) atoms. The van der Waals surface area contributed by atoms with Crippen molar-refractivity contribution in [1.82, 2.24) is 10.6 Å². The van der Waals surface area contributed by atoms with Crippen LogP contribution in [-0.4, -0.2) is 40.9 Å². The van der Waals surface area contributed by atoms with E-state index in [0.29, 0.717) is 12.8 Å². The second kappa shape index (κ2) is 8.97. The predicted molar refractivity (Wildman–Crippen MR) is 79.0 cm³/mol. The van der Waals surface area contributed by atoms with Crippen LogP contribution in [-0.2, 0) is 11.2 Å². The summed E-state index contributed by atoms with van der Waals surface area (Å²) in [5, 5.41) is 23.0. The van der Waals surface area contributed by atoms with Crippen LogP contribution in [0.4, 0.5) is 4.79 Å². The van der Waals surface area contributed by atoms with E-state index in [2.05, 4.69) is 10.6 Å². The summed E-state index contributed by atoms with van der Waals surface area (Å²) >= 11 is 0. The summed E-state index contributed by atoms with van der Waals surface area (Å²) in [6, 6.07) is 8.56. The first-order chi connectivity index (χ1) is 10.0. The number of carboxylic acids is 1. The molecule has 0 fully saturated rings.